The molecule has 0 spiro atoms. The first-order valence-corrected chi connectivity index (χ1v) is 12.4. The van der Waals surface area contributed by atoms with Gasteiger partial charge in [0, 0.05) is 29.8 Å². The maximum absolute atomic E-state index is 12.5. The summed E-state index contributed by atoms with van der Waals surface area (Å²) in [5.74, 6) is -0.452. The van der Waals surface area contributed by atoms with Crippen LogP contribution in [0.3, 0.4) is 0 Å². The molecule has 0 saturated heterocycles. The van der Waals surface area contributed by atoms with Crippen LogP contribution in [0.2, 0.25) is 0 Å². The molecule has 0 bridgehead atoms. The standard InChI is InChI=1S/C26H29N3O4S/c1-26(2,3)25(31)29-22-13-9-21(10-14-22)24(30)27-17-18-28-34(32,33)23-15-11-20(12-16-23)19-7-5-4-6-8-19/h4-16,28H,17-18H2,1-3H3,(H,27,30)(H,29,31). The van der Waals surface area contributed by atoms with Gasteiger partial charge in [0.05, 0.1) is 4.90 Å². The van der Waals surface area contributed by atoms with Crippen molar-refractivity contribution in [1.82, 2.24) is 10.0 Å². The van der Waals surface area contributed by atoms with Gasteiger partial charge < -0.3 is 10.6 Å². The summed E-state index contributed by atoms with van der Waals surface area (Å²) >= 11 is 0. The number of nitrogens with one attached hydrogen (secondary N) is 3. The zero-order valence-corrected chi connectivity index (χ0v) is 20.3. The Labute approximate surface area is 200 Å². The van der Waals surface area contributed by atoms with Crippen molar-refractivity contribution in [2.24, 2.45) is 5.41 Å². The van der Waals surface area contributed by atoms with Crippen molar-refractivity contribution in [3.63, 3.8) is 0 Å². The summed E-state index contributed by atoms with van der Waals surface area (Å²) in [6.45, 7) is 5.63. The van der Waals surface area contributed by atoms with E-state index in [0.717, 1.165) is 11.1 Å². The zero-order chi connectivity index (χ0) is 24.8. The Morgan fingerprint density at radius 3 is 1.94 bits per heavy atom. The van der Waals surface area contributed by atoms with Crippen molar-refractivity contribution >= 4 is 27.5 Å². The summed E-state index contributed by atoms with van der Waals surface area (Å²) in [4.78, 5) is 24.5. The molecular weight excluding hydrogens is 450 g/mol. The fraction of sp³-hybridized carbons (Fsp3) is 0.231. The molecule has 8 heteroatoms. The van der Waals surface area contributed by atoms with Crippen molar-refractivity contribution < 1.29 is 18.0 Å². The average Bonchev–Trinajstić information content (AvgIpc) is 2.82. The second-order valence-electron chi connectivity index (χ2n) is 8.83. The van der Waals surface area contributed by atoms with Crippen LogP contribution in [0.5, 0.6) is 0 Å². The Morgan fingerprint density at radius 1 is 0.765 bits per heavy atom. The molecule has 3 N–H and O–H groups in total. The summed E-state index contributed by atoms with van der Waals surface area (Å²) in [6, 6.07) is 22.8. The molecule has 34 heavy (non-hydrogen) atoms. The Morgan fingerprint density at radius 2 is 1.35 bits per heavy atom. The lowest BCUT2D eigenvalue weighted by molar-refractivity contribution is -0.123. The van der Waals surface area contributed by atoms with Gasteiger partial charge in [-0.2, -0.15) is 0 Å². The second-order valence-corrected chi connectivity index (χ2v) is 10.6. The van der Waals surface area contributed by atoms with Crippen LogP contribution in [0.25, 0.3) is 11.1 Å². The van der Waals surface area contributed by atoms with E-state index in [1.54, 1.807) is 48.5 Å². The van der Waals surface area contributed by atoms with Gasteiger partial charge in [-0.1, -0.05) is 63.2 Å². The number of hydrogen-bond acceptors (Lipinski definition) is 4. The molecule has 0 saturated carbocycles. The average molecular weight is 480 g/mol. The lowest BCUT2D eigenvalue weighted by atomic mass is 9.95. The molecule has 0 heterocycles. The lowest BCUT2D eigenvalue weighted by Gasteiger charge is -2.17. The van der Waals surface area contributed by atoms with E-state index >= 15 is 0 Å². The number of rotatable bonds is 8. The first kappa shape index (κ1) is 25.1. The summed E-state index contributed by atoms with van der Waals surface area (Å²) < 4.78 is 27.6. The van der Waals surface area contributed by atoms with Crippen LogP contribution in [-0.2, 0) is 14.8 Å². The van der Waals surface area contributed by atoms with Crippen molar-refractivity contribution in [1.29, 1.82) is 0 Å². The highest BCUT2D eigenvalue weighted by Gasteiger charge is 2.21. The van der Waals surface area contributed by atoms with Crippen molar-refractivity contribution in [3.8, 4) is 11.1 Å². The zero-order valence-electron chi connectivity index (χ0n) is 19.5. The minimum absolute atomic E-state index is 0.0498. The highest BCUT2D eigenvalue weighted by Crippen LogP contribution is 2.21. The van der Waals surface area contributed by atoms with E-state index in [0.29, 0.717) is 11.3 Å². The van der Waals surface area contributed by atoms with Crippen LogP contribution < -0.4 is 15.4 Å². The van der Waals surface area contributed by atoms with E-state index in [-0.39, 0.29) is 29.8 Å². The molecule has 3 aromatic carbocycles. The highest BCUT2D eigenvalue weighted by molar-refractivity contribution is 7.89. The van der Waals surface area contributed by atoms with Gasteiger partial charge in [0.15, 0.2) is 0 Å². The molecule has 178 valence electrons. The van der Waals surface area contributed by atoms with Gasteiger partial charge in [0.1, 0.15) is 0 Å². The first-order chi connectivity index (χ1) is 16.1. The van der Waals surface area contributed by atoms with Crippen LogP contribution in [0, 0.1) is 5.41 Å². The lowest BCUT2D eigenvalue weighted by Crippen LogP contribution is -2.34. The molecule has 0 radical (unpaired) electrons. The fourth-order valence-corrected chi connectivity index (χ4v) is 4.06. The molecule has 2 amide bonds. The Bertz CT molecular complexity index is 1230. The molecule has 0 fully saturated rings. The number of hydrogen-bond donors (Lipinski definition) is 3. The summed E-state index contributed by atoms with van der Waals surface area (Å²) in [5.41, 5.74) is 2.42. The highest BCUT2D eigenvalue weighted by atomic mass is 32.2. The van der Waals surface area contributed by atoms with Gasteiger partial charge in [-0.15, -0.1) is 0 Å². The van der Waals surface area contributed by atoms with Crippen LogP contribution in [-0.4, -0.2) is 33.3 Å². The predicted molar refractivity (Wildman–Crippen MR) is 134 cm³/mol. The van der Waals surface area contributed by atoms with Crippen LogP contribution in [0.4, 0.5) is 5.69 Å². The number of benzene rings is 3. The largest absolute Gasteiger partial charge is 0.351 e. The van der Waals surface area contributed by atoms with E-state index in [4.69, 9.17) is 0 Å². The normalized spacial score (nSPS) is 11.6. The van der Waals surface area contributed by atoms with Gasteiger partial charge in [-0.25, -0.2) is 13.1 Å². The number of anilines is 1. The molecular formula is C26H29N3O4S. The quantitative estimate of drug-likeness (QED) is 0.424. The van der Waals surface area contributed by atoms with Crippen molar-refractivity contribution in [3.05, 3.63) is 84.4 Å². The Balaban J connectivity index is 1.48. The van der Waals surface area contributed by atoms with Gasteiger partial charge in [0.25, 0.3) is 5.91 Å². The van der Waals surface area contributed by atoms with E-state index in [2.05, 4.69) is 15.4 Å². The minimum Gasteiger partial charge on any atom is -0.351 e. The topological polar surface area (TPSA) is 104 Å². The number of carbonyl (C=O) groups is 2. The smallest absolute Gasteiger partial charge is 0.251 e. The van der Waals surface area contributed by atoms with Crippen LogP contribution in [0.1, 0.15) is 31.1 Å². The second kappa shape index (κ2) is 10.6. The molecule has 0 aliphatic rings. The summed E-state index contributed by atoms with van der Waals surface area (Å²) in [5, 5.41) is 5.48. The molecule has 3 rings (SSSR count). The maximum Gasteiger partial charge on any atom is 0.251 e. The summed E-state index contributed by atoms with van der Waals surface area (Å²) in [7, 11) is -3.69. The van der Waals surface area contributed by atoms with Crippen molar-refractivity contribution in [2.75, 3.05) is 18.4 Å². The third kappa shape index (κ3) is 6.76. The molecule has 7 nitrogen and oxygen atoms in total. The Hall–Kier alpha value is -3.49. The van der Waals surface area contributed by atoms with Crippen LogP contribution in [0.15, 0.2) is 83.8 Å². The van der Waals surface area contributed by atoms with Gasteiger partial charge >= 0.3 is 0 Å². The molecule has 3 aromatic rings. The van der Waals surface area contributed by atoms with E-state index in [1.165, 1.54) is 0 Å². The molecule has 0 aromatic heterocycles. The van der Waals surface area contributed by atoms with E-state index < -0.39 is 15.4 Å². The van der Waals surface area contributed by atoms with Gasteiger partial charge in [-0.05, 0) is 47.5 Å². The number of sulfonamides is 1. The van der Waals surface area contributed by atoms with Gasteiger partial charge in [-0.3, -0.25) is 9.59 Å². The maximum atomic E-state index is 12.5. The van der Waals surface area contributed by atoms with Crippen LogP contribution >= 0.6 is 0 Å². The van der Waals surface area contributed by atoms with E-state index in [1.807, 2.05) is 51.1 Å². The minimum atomic E-state index is -3.69. The Kier molecular flexibility index (Phi) is 7.86. The molecule has 0 aliphatic heterocycles. The molecule has 0 unspecified atom stereocenters. The number of carbonyl (C=O) groups excluding carboxylic acids is 2. The fourth-order valence-electron chi connectivity index (χ4n) is 3.03. The predicted octanol–water partition coefficient (Wildman–Crippen LogP) is 4.05. The first-order valence-electron chi connectivity index (χ1n) is 10.9. The SMILES string of the molecule is CC(C)(C)C(=O)Nc1ccc(C(=O)NCCNS(=O)(=O)c2ccc(-c3ccccc3)cc2)cc1. The number of amides is 2. The van der Waals surface area contributed by atoms with E-state index in [9.17, 15) is 18.0 Å². The molecule has 0 atom stereocenters. The van der Waals surface area contributed by atoms with Gasteiger partial charge in [0.2, 0.25) is 15.9 Å². The molecule has 0 aliphatic carbocycles. The third-order valence-corrected chi connectivity index (χ3v) is 6.54. The van der Waals surface area contributed by atoms with Crippen molar-refractivity contribution in [2.45, 2.75) is 25.7 Å². The summed E-state index contributed by atoms with van der Waals surface area (Å²) in [6.07, 6.45) is 0. The third-order valence-electron chi connectivity index (χ3n) is 5.06. The monoisotopic (exact) mass is 479 g/mol.